The van der Waals surface area contributed by atoms with Crippen LogP contribution in [0.2, 0.25) is 0 Å². The fourth-order valence-electron chi connectivity index (χ4n) is 2.13. The molecule has 136 valence electrons. The summed E-state index contributed by atoms with van der Waals surface area (Å²) >= 11 is 0.883. The molecule has 0 aliphatic rings. The van der Waals surface area contributed by atoms with Crippen molar-refractivity contribution in [3.63, 3.8) is 0 Å². The Morgan fingerprint density at radius 2 is 1.77 bits per heavy atom. The van der Waals surface area contributed by atoms with Gasteiger partial charge in [0.2, 0.25) is 11.0 Å². The van der Waals surface area contributed by atoms with Crippen molar-refractivity contribution in [2.24, 2.45) is 5.73 Å². The van der Waals surface area contributed by atoms with Crippen LogP contribution in [0.4, 0.5) is 0 Å². The van der Waals surface area contributed by atoms with Crippen molar-refractivity contribution < 1.29 is 23.9 Å². The number of ether oxygens (including phenoxy) is 2. The van der Waals surface area contributed by atoms with Gasteiger partial charge in [0.25, 0.3) is 5.91 Å². The first-order valence-corrected chi connectivity index (χ1v) is 8.37. The highest BCUT2D eigenvalue weighted by atomic mass is 32.2. The normalized spacial score (nSPS) is 10.1. The van der Waals surface area contributed by atoms with Crippen molar-refractivity contribution in [3.8, 4) is 11.5 Å². The number of nitrogens with two attached hydrogens (primary N) is 1. The summed E-state index contributed by atoms with van der Waals surface area (Å²) in [4.78, 5) is 36.2. The van der Waals surface area contributed by atoms with Crippen LogP contribution in [-0.2, 0) is 4.79 Å². The number of nitrogens with one attached hydrogen (secondary N) is 1. The van der Waals surface area contributed by atoms with E-state index in [1.807, 2.05) is 0 Å². The van der Waals surface area contributed by atoms with Crippen LogP contribution in [0.1, 0.15) is 20.7 Å². The van der Waals surface area contributed by atoms with E-state index in [1.54, 1.807) is 42.5 Å². The lowest BCUT2D eigenvalue weighted by Gasteiger charge is -2.11. The third-order valence-corrected chi connectivity index (χ3v) is 4.37. The van der Waals surface area contributed by atoms with Crippen LogP contribution in [0.3, 0.4) is 0 Å². The highest BCUT2D eigenvalue weighted by Gasteiger charge is 2.19. The molecule has 2 rings (SSSR count). The SMILES string of the molecule is COc1ccc(OC)c(C(=O)Sc2ccccc2C(=O)NCC(N)=O)c1. The first-order chi connectivity index (χ1) is 12.5. The molecule has 8 heteroatoms. The second kappa shape index (κ2) is 8.91. The average molecular weight is 374 g/mol. The molecule has 0 spiro atoms. The standard InChI is InChI=1S/C18H18N2O5S/c1-24-11-7-8-14(25-2)13(9-11)18(23)26-15-6-4-3-5-12(15)17(22)20-10-16(19)21/h3-9H,10H2,1-2H3,(H2,19,21)(H,20,22). The summed E-state index contributed by atoms with van der Waals surface area (Å²) in [5.41, 5.74) is 5.63. The molecule has 0 unspecified atom stereocenters. The van der Waals surface area contributed by atoms with E-state index in [9.17, 15) is 14.4 Å². The van der Waals surface area contributed by atoms with Gasteiger partial charge in [-0.15, -0.1) is 0 Å². The van der Waals surface area contributed by atoms with Gasteiger partial charge in [-0.05, 0) is 42.1 Å². The summed E-state index contributed by atoms with van der Waals surface area (Å²) < 4.78 is 10.4. The Bertz CT molecular complexity index is 838. The van der Waals surface area contributed by atoms with Crippen LogP contribution in [0.25, 0.3) is 0 Å². The summed E-state index contributed by atoms with van der Waals surface area (Å²) in [5, 5.41) is 2.10. The molecule has 0 aromatic heterocycles. The molecule has 0 saturated heterocycles. The first-order valence-electron chi connectivity index (χ1n) is 7.56. The minimum Gasteiger partial charge on any atom is -0.497 e. The number of primary amides is 1. The smallest absolute Gasteiger partial charge is 0.252 e. The summed E-state index contributed by atoms with van der Waals surface area (Å²) in [6.07, 6.45) is 0. The molecule has 2 amide bonds. The van der Waals surface area contributed by atoms with Gasteiger partial charge in [-0.3, -0.25) is 14.4 Å². The first kappa shape index (κ1) is 19.3. The van der Waals surface area contributed by atoms with Crippen LogP contribution in [0, 0.1) is 0 Å². The summed E-state index contributed by atoms with van der Waals surface area (Å²) in [5.74, 6) is -0.223. The minimum absolute atomic E-state index is 0.272. The topological polar surface area (TPSA) is 108 Å². The largest absolute Gasteiger partial charge is 0.497 e. The third-order valence-electron chi connectivity index (χ3n) is 3.38. The second-order valence-electron chi connectivity index (χ2n) is 5.10. The monoisotopic (exact) mass is 374 g/mol. The maximum Gasteiger partial charge on any atom is 0.252 e. The van der Waals surface area contributed by atoms with E-state index < -0.39 is 11.8 Å². The molecule has 7 nitrogen and oxygen atoms in total. The summed E-state index contributed by atoms with van der Waals surface area (Å²) in [6, 6.07) is 11.5. The zero-order chi connectivity index (χ0) is 19.1. The lowest BCUT2D eigenvalue weighted by atomic mass is 10.2. The Balaban J connectivity index is 2.27. The molecule has 0 heterocycles. The fraction of sp³-hybridized carbons (Fsp3) is 0.167. The molecule has 0 saturated carbocycles. The molecule has 0 aliphatic heterocycles. The Hall–Kier alpha value is -3.00. The van der Waals surface area contributed by atoms with E-state index in [0.29, 0.717) is 22.0 Å². The van der Waals surface area contributed by atoms with Crippen LogP contribution < -0.4 is 20.5 Å². The molecule has 26 heavy (non-hydrogen) atoms. The number of thioether (sulfide) groups is 1. The second-order valence-corrected chi connectivity index (χ2v) is 6.12. The van der Waals surface area contributed by atoms with Gasteiger partial charge < -0.3 is 20.5 Å². The molecule has 2 aromatic carbocycles. The van der Waals surface area contributed by atoms with Gasteiger partial charge in [-0.25, -0.2) is 0 Å². The predicted octanol–water partition coefficient (Wildman–Crippen LogP) is 1.85. The molecular weight excluding hydrogens is 356 g/mol. The number of amides is 2. The molecular formula is C18H18N2O5S. The van der Waals surface area contributed by atoms with Crippen LogP contribution in [-0.4, -0.2) is 37.7 Å². The molecule has 0 fully saturated rings. The Kier molecular flexibility index (Phi) is 6.62. The third kappa shape index (κ3) is 4.76. The number of carbonyl (C=O) groups is 3. The zero-order valence-corrected chi connectivity index (χ0v) is 15.1. The minimum atomic E-state index is -0.652. The van der Waals surface area contributed by atoms with E-state index >= 15 is 0 Å². The van der Waals surface area contributed by atoms with Crippen molar-refractivity contribution in [1.29, 1.82) is 0 Å². The van der Waals surface area contributed by atoms with Gasteiger partial charge in [0.15, 0.2) is 0 Å². The lowest BCUT2D eigenvalue weighted by Crippen LogP contribution is -2.33. The van der Waals surface area contributed by atoms with Gasteiger partial charge in [-0.2, -0.15) is 0 Å². The molecule has 0 aliphatic carbocycles. The molecule has 2 aromatic rings. The Morgan fingerprint density at radius 3 is 2.42 bits per heavy atom. The highest BCUT2D eigenvalue weighted by Crippen LogP contribution is 2.32. The number of methoxy groups -OCH3 is 2. The van der Waals surface area contributed by atoms with Gasteiger partial charge in [0, 0.05) is 4.90 Å². The number of benzene rings is 2. The molecule has 3 N–H and O–H groups in total. The summed E-state index contributed by atoms with van der Waals surface area (Å²) in [7, 11) is 2.97. The van der Waals surface area contributed by atoms with Crippen molar-refractivity contribution in [3.05, 3.63) is 53.6 Å². The molecule has 0 radical (unpaired) electrons. The van der Waals surface area contributed by atoms with E-state index in [-0.39, 0.29) is 17.2 Å². The van der Waals surface area contributed by atoms with E-state index in [0.717, 1.165) is 11.8 Å². The van der Waals surface area contributed by atoms with Crippen molar-refractivity contribution in [2.75, 3.05) is 20.8 Å². The van der Waals surface area contributed by atoms with Gasteiger partial charge >= 0.3 is 0 Å². The quantitative estimate of drug-likeness (QED) is 0.716. The number of hydrogen-bond donors (Lipinski definition) is 2. The lowest BCUT2D eigenvalue weighted by molar-refractivity contribution is -0.117. The van der Waals surface area contributed by atoms with Crippen LogP contribution in [0.15, 0.2) is 47.4 Å². The molecule has 0 bridgehead atoms. The molecule has 0 atom stereocenters. The number of rotatable bonds is 7. The summed E-state index contributed by atoms with van der Waals surface area (Å²) in [6.45, 7) is -0.282. The van der Waals surface area contributed by atoms with Crippen molar-refractivity contribution in [1.82, 2.24) is 5.32 Å². The zero-order valence-electron chi connectivity index (χ0n) is 14.3. The maximum atomic E-state index is 12.7. The highest BCUT2D eigenvalue weighted by molar-refractivity contribution is 8.14. The Labute approximate surface area is 154 Å². The van der Waals surface area contributed by atoms with Gasteiger partial charge in [-0.1, -0.05) is 12.1 Å². The Morgan fingerprint density at radius 1 is 1.04 bits per heavy atom. The van der Waals surface area contributed by atoms with Gasteiger partial charge in [0.05, 0.1) is 31.9 Å². The van der Waals surface area contributed by atoms with Crippen molar-refractivity contribution in [2.45, 2.75) is 4.90 Å². The van der Waals surface area contributed by atoms with E-state index in [4.69, 9.17) is 15.2 Å². The van der Waals surface area contributed by atoms with E-state index in [1.165, 1.54) is 14.2 Å². The number of hydrogen-bond acceptors (Lipinski definition) is 6. The average Bonchev–Trinajstić information content (AvgIpc) is 2.65. The van der Waals surface area contributed by atoms with Crippen LogP contribution >= 0.6 is 11.8 Å². The predicted molar refractivity (Wildman–Crippen MR) is 97.7 cm³/mol. The maximum absolute atomic E-state index is 12.7. The van der Waals surface area contributed by atoms with Gasteiger partial charge in [0.1, 0.15) is 11.5 Å². The fourth-order valence-corrected chi connectivity index (χ4v) is 3.02. The van der Waals surface area contributed by atoms with E-state index in [2.05, 4.69) is 5.32 Å². The van der Waals surface area contributed by atoms with Crippen LogP contribution in [0.5, 0.6) is 11.5 Å². The number of carbonyl (C=O) groups excluding carboxylic acids is 3. The van der Waals surface area contributed by atoms with Crippen molar-refractivity contribution >= 4 is 28.7 Å².